The Bertz CT molecular complexity index is 1050. The van der Waals surface area contributed by atoms with Crippen LogP contribution in [0.4, 0.5) is 0 Å². The topological polar surface area (TPSA) is 68.0 Å². The average Bonchev–Trinajstić information content (AvgIpc) is 3.28. The van der Waals surface area contributed by atoms with Crippen LogP contribution in [0.3, 0.4) is 0 Å². The molecule has 0 bridgehead atoms. The van der Waals surface area contributed by atoms with Crippen molar-refractivity contribution in [3.63, 3.8) is 0 Å². The average molecular weight is 349 g/mol. The third-order valence-electron chi connectivity index (χ3n) is 3.85. The van der Waals surface area contributed by atoms with Gasteiger partial charge in [0, 0.05) is 22.5 Å². The van der Waals surface area contributed by atoms with Gasteiger partial charge in [-0.25, -0.2) is 4.98 Å². The summed E-state index contributed by atoms with van der Waals surface area (Å²) in [6, 6.07) is 13.0. The summed E-state index contributed by atoms with van der Waals surface area (Å²) in [6.45, 7) is 2.27. The van der Waals surface area contributed by atoms with E-state index in [0.29, 0.717) is 23.6 Å². The molecule has 1 aromatic carbocycles. The van der Waals surface area contributed by atoms with Crippen LogP contribution < -0.4 is 5.32 Å². The molecule has 0 spiro atoms. The number of hydrogen-bond donors (Lipinski definition) is 1. The number of fused-ring (bicyclic) bond motifs is 1. The quantitative estimate of drug-likeness (QED) is 0.600. The van der Waals surface area contributed by atoms with Crippen molar-refractivity contribution >= 4 is 28.1 Å². The highest BCUT2D eigenvalue weighted by Crippen LogP contribution is 2.24. The SMILES string of the molecule is Cc1nc(-c2ccc(CNC(=O)c3cccc4ncccc34)o2)cs1. The fourth-order valence-corrected chi connectivity index (χ4v) is 3.25. The number of hydrogen-bond acceptors (Lipinski definition) is 5. The van der Waals surface area contributed by atoms with E-state index >= 15 is 0 Å². The molecule has 4 aromatic rings. The molecule has 0 aliphatic carbocycles. The summed E-state index contributed by atoms with van der Waals surface area (Å²) in [5, 5.41) is 6.68. The van der Waals surface area contributed by atoms with Crippen molar-refractivity contribution in [3.05, 3.63) is 70.4 Å². The number of nitrogens with one attached hydrogen (secondary N) is 1. The molecule has 0 unspecified atom stereocenters. The van der Waals surface area contributed by atoms with Gasteiger partial charge in [0.25, 0.3) is 5.91 Å². The number of nitrogens with zero attached hydrogens (tertiary/aromatic N) is 2. The second-order valence-electron chi connectivity index (χ2n) is 5.58. The molecule has 3 heterocycles. The second kappa shape index (κ2) is 6.49. The Hall–Kier alpha value is -2.99. The zero-order valence-electron chi connectivity index (χ0n) is 13.5. The molecule has 0 saturated heterocycles. The lowest BCUT2D eigenvalue weighted by Gasteiger charge is -2.06. The third-order valence-corrected chi connectivity index (χ3v) is 4.62. The molecular weight excluding hydrogens is 334 g/mol. The number of pyridine rings is 1. The Kier molecular flexibility index (Phi) is 4.03. The van der Waals surface area contributed by atoms with Crippen LogP contribution in [0.5, 0.6) is 0 Å². The Labute approximate surface area is 148 Å². The van der Waals surface area contributed by atoms with Crippen molar-refractivity contribution in [1.82, 2.24) is 15.3 Å². The van der Waals surface area contributed by atoms with Gasteiger partial charge >= 0.3 is 0 Å². The van der Waals surface area contributed by atoms with E-state index in [1.807, 2.05) is 48.7 Å². The van der Waals surface area contributed by atoms with Crippen LogP contribution in [0, 0.1) is 6.92 Å². The molecule has 0 atom stereocenters. The minimum Gasteiger partial charge on any atom is -0.458 e. The van der Waals surface area contributed by atoms with E-state index in [1.165, 1.54) is 0 Å². The van der Waals surface area contributed by atoms with E-state index in [2.05, 4.69) is 15.3 Å². The van der Waals surface area contributed by atoms with E-state index in [0.717, 1.165) is 21.6 Å². The second-order valence-corrected chi connectivity index (χ2v) is 6.64. The van der Waals surface area contributed by atoms with Crippen LogP contribution in [-0.2, 0) is 6.54 Å². The van der Waals surface area contributed by atoms with Crippen LogP contribution in [-0.4, -0.2) is 15.9 Å². The fraction of sp³-hybridized carbons (Fsp3) is 0.105. The monoisotopic (exact) mass is 349 g/mol. The highest BCUT2D eigenvalue weighted by molar-refractivity contribution is 7.09. The molecule has 4 rings (SSSR count). The molecule has 25 heavy (non-hydrogen) atoms. The number of benzene rings is 1. The predicted molar refractivity (Wildman–Crippen MR) is 97.5 cm³/mol. The first kappa shape index (κ1) is 15.5. The van der Waals surface area contributed by atoms with Gasteiger partial charge in [0.1, 0.15) is 11.5 Å². The third kappa shape index (κ3) is 3.16. The molecule has 5 nitrogen and oxygen atoms in total. The number of aromatic nitrogens is 2. The molecule has 1 amide bonds. The minimum absolute atomic E-state index is 0.152. The van der Waals surface area contributed by atoms with Crippen molar-refractivity contribution in [2.24, 2.45) is 0 Å². The van der Waals surface area contributed by atoms with Gasteiger partial charge < -0.3 is 9.73 Å². The van der Waals surface area contributed by atoms with Crippen LogP contribution in [0.2, 0.25) is 0 Å². The van der Waals surface area contributed by atoms with Gasteiger partial charge in [0.05, 0.1) is 17.1 Å². The van der Waals surface area contributed by atoms with Gasteiger partial charge in [-0.1, -0.05) is 12.1 Å². The summed E-state index contributed by atoms with van der Waals surface area (Å²) in [6.07, 6.45) is 1.72. The highest BCUT2D eigenvalue weighted by atomic mass is 32.1. The van der Waals surface area contributed by atoms with E-state index in [4.69, 9.17) is 4.42 Å². The molecule has 1 N–H and O–H groups in total. The van der Waals surface area contributed by atoms with Gasteiger partial charge in [0.15, 0.2) is 5.76 Å². The number of rotatable bonds is 4. The largest absolute Gasteiger partial charge is 0.458 e. The Morgan fingerprint density at radius 2 is 2.12 bits per heavy atom. The van der Waals surface area contributed by atoms with E-state index < -0.39 is 0 Å². The van der Waals surface area contributed by atoms with Crippen LogP contribution in [0.1, 0.15) is 21.1 Å². The van der Waals surface area contributed by atoms with Crippen LogP contribution >= 0.6 is 11.3 Å². The normalized spacial score (nSPS) is 10.9. The van der Waals surface area contributed by atoms with E-state index in [-0.39, 0.29) is 5.91 Å². The Morgan fingerprint density at radius 3 is 2.96 bits per heavy atom. The summed E-state index contributed by atoms with van der Waals surface area (Å²) < 4.78 is 5.77. The summed E-state index contributed by atoms with van der Waals surface area (Å²) >= 11 is 1.58. The van der Waals surface area contributed by atoms with Crippen LogP contribution in [0.15, 0.2) is 58.5 Å². The van der Waals surface area contributed by atoms with Crippen molar-refractivity contribution < 1.29 is 9.21 Å². The fourth-order valence-electron chi connectivity index (χ4n) is 2.65. The number of carbonyl (C=O) groups is 1. The molecule has 124 valence electrons. The number of amides is 1. The number of carbonyl (C=O) groups excluding carboxylic acids is 1. The number of thiazole rings is 1. The number of aryl methyl sites for hydroxylation is 1. The molecule has 0 aliphatic heterocycles. The van der Waals surface area contributed by atoms with Crippen LogP contribution in [0.25, 0.3) is 22.4 Å². The van der Waals surface area contributed by atoms with E-state index in [1.54, 1.807) is 23.6 Å². The highest BCUT2D eigenvalue weighted by Gasteiger charge is 2.12. The van der Waals surface area contributed by atoms with Gasteiger partial charge in [0.2, 0.25) is 0 Å². The summed E-state index contributed by atoms with van der Waals surface area (Å²) in [4.78, 5) is 21.2. The van der Waals surface area contributed by atoms with Crippen molar-refractivity contribution in [2.45, 2.75) is 13.5 Å². The summed E-state index contributed by atoms with van der Waals surface area (Å²) in [7, 11) is 0. The lowest BCUT2D eigenvalue weighted by molar-refractivity contribution is 0.0950. The molecule has 6 heteroatoms. The maximum atomic E-state index is 12.5. The molecule has 3 aromatic heterocycles. The van der Waals surface area contributed by atoms with Crippen molar-refractivity contribution in [3.8, 4) is 11.5 Å². The maximum Gasteiger partial charge on any atom is 0.252 e. The first-order valence-corrected chi connectivity index (χ1v) is 8.72. The molecular formula is C19H15N3O2S. The lowest BCUT2D eigenvalue weighted by atomic mass is 10.1. The molecule has 0 aliphatic rings. The molecule has 0 radical (unpaired) electrons. The Morgan fingerprint density at radius 1 is 1.20 bits per heavy atom. The van der Waals surface area contributed by atoms with Gasteiger partial charge in [-0.2, -0.15) is 0 Å². The van der Waals surface area contributed by atoms with Gasteiger partial charge in [-0.15, -0.1) is 11.3 Å². The minimum atomic E-state index is -0.152. The zero-order valence-corrected chi connectivity index (χ0v) is 14.3. The van der Waals surface area contributed by atoms with Gasteiger partial charge in [-0.3, -0.25) is 9.78 Å². The standard InChI is InChI=1S/C19H15N3O2S/c1-12-22-17(11-25-12)18-8-7-13(24-18)10-21-19(23)15-4-2-6-16-14(15)5-3-9-20-16/h2-9,11H,10H2,1H3,(H,21,23). The van der Waals surface area contributed by atoms with Crippen molar-refractivity contribution in [1.29, 1.82) is 0 Å². The summed E-state index contributed by atoms with van der Waals surface area (Å²) in [5.74, 6) is 1.25. The predicted octanol–water partition coefficient (Wildman–Crippen LogP) is 4.19. The zero-order chi connectivity index (χ0) is 17.2. The Balaban J connectivity index is 1.49. The molecule has 0 fully saturated rings. The first-order chi connectivity index (χ1) is 12.2. The van der Waals surface area contributed by atoms with Gasteiger partial charge in [-0.05, 0) is 37.3 Å². The maximum absolute atomic E-state index is 12.5. The smallest absolute Gasteiger partial charge is 0.252 e. The van der Waals surface area contributed by atoms with E-state index in [9.17, 15) is 4.79 Å². The first-order valence-electron chi connectivity index (χ1n) is 7.84. The van der Waals surface area contributed by atoms with Crippen molar-refractivity contribution in [2.75, 3.05) is 0 Å². The molecule has 0 saturated carbocycles. The summed E-state index contributed by atoms with van der Waals surface area (Å²) in [5.41, 5.74) is 2.22. The number of furan rings is 1. The lowest BCUT2D eigenvalue weighted by Crippen LogP contribution is -2.22.